The van der Waals surface area contributed by atoms with Crippen molar-refractivity contribution in [3.63, 3.8) is 0 Å². The Morgan fingerprint density at radius 1 is 1.14 bits per heavy atom. The molecule has 0 spiro atoms. The Labute approximate surface area is 162 Å². The van der Waals surface area contributed by atoms with Crippen LogP contribution in [0.1, 0.15) is 34.1 Å². The largest absolute Gasteiger partial charge is 0.452 e. The average Bonchev–Trinajstić information content (AvgIpc) is 2.72. The van der Waals surface area contributed by atoms with E-state index >= 15 is 0 Å². The zero-order valence-electron chi connectivity index (χ0n) is 15.7. The van der Waals surface area contributed by atoms with Gasteiger partial charge in [0.25, 0.3) is 5.91 Å². The highest BCUT2D eigenvalue weighted by atomic mass is 16.5. The molecule has 0 atom stereocenters. The molecule has 0 bridgehead atoms. The lowest BCUT2D eigenvalue weighted by atomic mass is 10.0. The van der Waals surface area contributed by atoms with Crippen LogP contribution in [0.5, 0.6) is 0 Å². The molecule has 1 aromatic heterocycles. The number of aromatic nitrogens is 1. The van der Waals surface area contributed by atoms with E-state index in [1.165, 1.54) is 0 Å². The molecule has 3 rings (SSSR count). The van der Waals surface area contributed by atoms with Crippen molar-refractivity contribution < 1.29 is 14.3 Å². The molecule has 2 aromatic carbocycles. The van der Waals surface area contributed by atoms with Crippen LogP contribution in [-0.4, -0.2) is 23.5 Å². The molecule has 0 fully saturated rings. The Bertz CT molecular complexity index is 1100. The zero-order valence-corrected chi connectivity index (χ0v) is 15.7. The van der Waals surface area contributed by atoms with Gasteiger partial charge in [-0.1, -0.05) is 37.3 Å². The quantitative estimate of drug-likeness (QED) is 0.687. The van der Waals surface area contributed by atoms with Crippen LogP contribution < -0.4 is 5.32 Å². The number of pyridine rings is 1. The monoisotopic (exact) mass is 373 g/mol. The number of carbonyl (C=O) groups excluding carboxylic acids is 2. The van der Waals surface area contributed by atoms with Crippen molar-refractivity contribution in [2.75, 3.05) is 11.9 Å². The van der Waals surface area contributed by atoms with Crippen LogP contribution in [0.2, 0.25) is 0 Å². The fourth-order valence-corrected chi connectivity index (χ4v) is 3.04. The van der Waals surface area contributed by atoms with Gasteiger partial charge in [-0.2, -0.15) is 5.26 Å². The second-order valence-corrected chi connectivity index (χ2v) is 6.21. The fraction of sp³-hybridized carbons (Fsp3) is 0.182. The molecule has 0 unspecified atom stereocenters. The molecule has 1 amide bonds. The molecule has 6 nitrogen and oxygen atoms in total. The van der Waals surface area contributed by atoms with Crippen molar-refractivity contribution in [2.45, 2.75) is 20.3 Å². The molecular weight excluding hydrogens is 354 g/mol. The van der Waals surface area contributed by atoms with Gasteiger partial charge >= 0.3 is 5.97 Å². The van der Waals surface area contributed by atoms with Crippen molar-refractivity contribution >= 4 is 28.5 Å². The predicted octanol–water partition coefficient (Wildman–Crippen LogP) is 3.77. The van der Waals surface area contributed by atoms with Gasteiger partial charge in [0, 0.05) is 11.1 Å². The Kier molecular flexibility index (Phi) is 5.66. The number of para-hydroxylation sites is 2. The molecule has 0 saturated carbocycles. The van der Waals surface area contributed by atoms with Crippen LogP contribution in [0.4, 0.5) is 5.69 Å². The van der Waals surface area contributed by atoms with Gasteiger partial charge in [-0.25, -0.2) is 4.79 Å². The maximum atomic E-state index is 12.7. The number of nitriles is 1. The molecule has 0 saturated heterocycles. The number of aryl methyl sites for hydroxylation is 1. The van der Waals surface area contributed by atoms with Gasteiger partial charge in [0.1, 0.15) is 6.07 Å². The van der Waals surface area contributed by atoms with Gasteiger partial charge in [0.05, 0.1) is 22.3 Å². The Balaban J connectivity index is 1.79. The summed E-state index contributed by atoms with van der Waals surface area (Å²) in [7, 11) is 0. The van der Waals surface area contributed by atoms with Gasteiger partial charge in [-0.05, 0) is 37.1 Å². The number of hydrogen-bond acceptors (Lipinski definition) is 5. The lowest BCUT2D eigenvalue weighted by molar-refractivity contribution is -0.119. The molecule has 0 aliphatic heterocycles. The van der Waals surface area contributed by atoms with Gasteiger partial charge < -0.3 is 10.1 Å². The van der Waals surface area contributed by atoms with Crippen molar-refractivity contribution in [1.29, 1.82) is 5.26 Å². The van der Waals surface area contributed by atoms with Crippen molar-refractivity contribution in [3.8, 4) is 6.07 Å². The number of benzene rings is 2. The summed E-state index contributed by atoms with van der Waals surface area (Å²) in [5, 5.41) is 12.4. The minimum Gasteiger partial charge on any atom is -0.452 e. The average molecular weight is 373 g/mol. The first-order chi connectivity index (χ1) is 13.5. The first-order valence-corrected chi connectivity index (χ1v) is 8.89. The summed E-state index contributed by atoms with van der Waals surface area (Å²) >= 11 is 0. The van der Waals surface area contributed by atoms with E-state index in [1.807, 2.05) is 44.2 Å². The molecule has 28 heavy (non-hydrogen) atoms. The second-order valence-electron chi connectivity index (χ2n) is 6.21. The molecule has 1 heterocycles. The van der Waals surface area contributed by atoms with Crippen LogP contribution >= 0.6 is 0 Å². The molecule has 0 radical (unpaired) electrons. The van der Waals surface area contributed by atoms with Crippen LogP contribution in [-0.2, 0) is 16.0 Å². The number of ether oxygens (including phenoxy) is 1. The lowest BCUT2D eigenvalue weighted by Gasteiger charge is -2.13. The normalized spacial score (nSPS) is 10.3. The summed E-state index contributed by atoms with van der Waals surface area (Å²) in [6.07, 6.45) is 0.683. The van der Waals surface area contributed by atoms with E-state index in [2.05, 4.69) is 10.3 Å². The third kappa shape index (κ3) is 3.84. The van der Waals surface area contributed by atoms with Gasteiger partial charge in [0.2, 0.25) is 0 Å². The maximum absolute atomic E-state index is 12.7. The van der Waals surface area contributed by atoms with E-state index in [4.69, 9.17) is 10.00 Å². The number of esters is 1. The SMILES string of the molecule is CCc1nc2ccccc2c(C(=O)OCC(=O)Nc2ccccc2C#N)c1C. The van der Waals surface area contributed by atoms with E-state index in [0.717, 1.165) is 11.3 Å². The minimum absolute atomic E-state index is 0.339. The lowest BCUT2D eigenvalue weighted by Crippen LogP contribution is -2.22. The molecule has 140 valence electrons. The van der Waals surface area contributed by atoms with Crippen molar-refractivity contribution in [2.24, 2.45) is 0 Å². The number of carbonyl (C=O) groups is 2. The van der Waals surface area contributed by atoms with E-state index in [9.17, 15) is 9.59 Å². The first kappa shape index (κ1) is 19.1. The Hall–Kier alpha value is -3.72. The van der Waals surface area contributed by atoms with Crippen LogP contribution in [0, 0.1) is 18.3 Å². The highest BCUT2D eigenvalue weighted by Gasteiger charge is 2.19. The summed E-state index contributed by atoms with van der Waals surface area (Å²) in [5.41, 5.74) is 3.42. The minimum atomic E-state index is -0.575. The third-order valence-electron chi connectivity index (χ3n) is 4.43. The number of hydrogen-bond donors (Lipinski definition) is 1. The summed E-state index contributed by atoms with van der Waals surface area (Å²) < 4.78 is 5.26. The van der Waals surface area contributed by atoms with Crippen LogP contribution in [0.25, 0.3) is 10.9 Å². The van der Waals surface area contributed by atoms with E-state index < -0.39 is 18.5 Å². The zero-order chi connectivity index (χ0) is 20.1. The molecular formula is C22H19N3O3. The van der Waals surface area contributed by atoms with Crippen molar-refractivity contribution in [1.82, 2.24) is 4.98 Å². The topological polar surface area (TPSA) is 92.1 Å². The predicted molar refractivity (Wildman–Crippen MR) is 106 cm³/mol. The third-order valence-corrected chi connectivity index (χ3v) is 4.43. The smallest absolute Gasteiger partial charge is 0.339 e. The highest BCUT2D eigenvalue weighted by molar-refractivity contribution is 6.06. The van der Waals surface area contributed by atoms with Gasteiger partial charge in [-0.15, -0.1) is 0 Å². The van der Waals surface area contributed by atoms with Crippen LogP contribution in [0.3, 0.4) is 0 Å². The first-order valence-electron chi connectivity index (χ1n) is 8.89. The number of fused-ring (bicyclic) bond motifs is 1. The Morgan fingerprint density at radius 2 is 1.86 bits per heavy atom. The fourth-order valence-electron chi connectivity index (χ4n) is 3.04. The number of anilines is 1. The standard InChI is InChI=1S/C22H19N3O3/c1-3-17-14(2)21(16-9-5-7-11-19(16)24-17)22(27)28-13-20(26)25-18-10-6-4-8-15(18)12-23/h4-11H,3,13H2,1-2H3,(H,25,26). The molecule has 0 aliphatic carbocycles. The molecule has 3 aromatic rings. The number of rotatable bonds is 5. The van der Waals surface area contributed by atoms with Gasteiger partial charge in [-0.3, -0.25) is 9.78 Å². The van der Waals surface area contributed by atoms with Gasteiger partial charge in [0.15, 0.2) is 6.61 Å². The summed E-state index contributed by atoms with van der Waals surface area (Å²) in [4.78, 5) is 29.5. The maximum Gasteiger partial charge on any atom is 0.339 e. The second kappa shape index (κ2) is 8.31. The Morgan fingerprint density at radius 3 is 2.61 bits per heavy atom. The number of nitrogens with one attached hydrogen (secondary N) is 1. The molecule has 6 heteroatoms. The number of amides is 1. The van der Waals surface area contributed by atoms with E-state index in [1.54, 1.807) is 24.3 Å². The summed E-state index contributed by atoms with van der Waals surface area (Å²) in [5.74, 6) is -1.09. The summed E-state index contributed by atoms with van der Waals surface area (Å²) in [6.45, 7) is 3.35. The molecule has 0 aliphatic rings. The highest BCUT2D eigenvalue weighted by Crippen LogP contribution is 2.24. The number of nitrogens with zero attached hydrogens (tertiary/aromatic N) is 2. The van der Waals surface area contributed by atoms with Crippen molar-refractivity contribution in [3.05, 3.63) is 70.9 Å². The summed E-state index contributed by atoms with van der Waals surface area (Å²) in [6, 6.07) is 16.0. The van der Waals surface area contributed by atoms with E-state index in [-0.39, 0.29) is 0 Å². The van der Waals surface area contributed by atoms with Crippen LogP contribution in [0.15, 0.2) is 48.5 Å². The molecule has 1 N–H and O–H groups in total. The van der Waals surface area contributed by atoms with E-state index in [0.29, 0.717) is 34.1 Å².